The zero-order valence-corrected chi connectivity index (χ0v) is 10.1. The fourth-order valence-corrected chi connectivity index (χ4v) is 2.00. The highest BCUT2D eigenvalue weighted by Crippen LogP contribution is 2.49. The van der Waals surface area contributed by atoms with Gasteiger partial charge in [-0.05, 0) is 18.4 Å². The topological polar surface area (TPSA) is 36.6 Å². The first-order chi connectivity index (χ1) is 8.19. The third-order valence-corrected chi connectivity index (χ3v) is 3.57. The molecule has 1 aromatic rings. The summed E-state index contributed by atoms with van der Waals surface area (Å²) in [7, 11) is 0. The number of nitrogens with one attached hydrogen (secondary N) is 1. The van der Waals surface area contributed by atoms with E-state index in [1.807, 2.05) is 30.3 Å². The van der Waals surface area contributed by atoms with Gasteiger partial charge in [-0.25, -0.2) is 11.9 Å². The van der Waals surface area contributed by atoms with Gasteiger partial charge in [0.25, 0.3) is 6.17 Å². The molecule has 2 N–H and O–H groups in total. The van der Waals surface area contributed by atoms with Gasteiger partial charge < -0.3 is 5.11 Å². The molecule has 1 fully saturated rings. The molecule has 17 heavy (non-hydrogen) atoms. The third-order valence-electron chi connectivity index (χ3n) is 3.57. The molecule has 0 radical (unpaired) electrons. The Morgan fingerprint density at radius 3 is 2.53 bits per heavy atom. The third kappa shape index (κ3) is 2.66. The van der Waals surface area contributed by atoms with Gasteiger partial charge >= 0.3 is 0 Å². The highest BCUT2D eigenvalue weighted by Gasteiger charge is 2.50. The van der Waals surface area contributed by atoms with Crippen LogP contribution in [0.4, 0.5) is 0 Å². The van der Waals surface area contributed by atoms with E-state index in [1.54, 1.807) is 0 Å². The predicted octanol–water partition coefficient (Wildman–Crippen LogP) is 2.36. The summed E-state index contributed by atoms with van der Waals surface area (Å²) in [6.07, 6.45) is 2.00. The SMILES string of the molecule is [C-]#[N+]C(N[C@@H](CO)c1ccccc1)C1(C)CC1. The molecule has 1 unspecified atom stereocenters. The summed E-state index contributed by atoms with van der Waals surface area (Å²) in [6, 6.07) is 9.66. The Morgan fingerprint density at radius 2 is 2.06 bits per heavy atom. The van der Waals surface area contributed by atoms with E-state index in [0.29, 0.717) is 0 Å². The van der Waals surface area contributed by atoms with Gasteiger partial charge in [0.1, 0.15) is 0 Å². The van der Waals surface area contributed by atoms with E-state index in [-0.39, 0.29) is 24.2 Å². The number of hydrogen-bond donors (Lipinski definition) is 2. The van der Waals surface area contributed by atoms with Crippen LogP contribution < -0.4 is 5.32 Å². The van der Waals surface area contributed by atoms with Crippen molar-refractivity contribution in [1.82, 2.24) is 5.32 Å². The van der Waals surface area contributed by atoms with Crippen LogP contribution in [0.25, 0.3) is 4.85 Å². The summed E-state index contributed by atoms with van der Waals surface area (Å²) in [5.41, 5.74) is 1.14. The first-order valence-electron chi connectivity index (χ1n) is 5.98. The maximum absolute atomic E-state index is 9.44. The number of nitrogens with zero attached hydrogens (tertiary/aromatic N) is 1. The lowest BCUT2D eigenvalue weighted by molar-refractivity contribution is 0.225. The first-order valence-corrected chi connectivity index (χ1v) is 5.98. The zero-order valence-electron chi connectivity index (χ0n) is 10.1. The lowest BCUT2D eigenvalue weighted by Gasteiger charge is -2.21. The van der Waals surface area contributed by atoms with Crippen LogP contribution in [-0.2, 0) is 0 Å². The van der Waals surface area contributed by atoms with Gasteiger partial charge in [0.05, 0.1) is 18.1 Å². The van der Waals surface area contributed by atoms with Gasteiger partial charge in [-0.2, -0.15) is 0 Å². The maximum Gasteiger partial charge on any atom is 0.283 e. The molecular formula is C14H18N2O. The second-order valence-electron chi connectivity index (χ2n) is 5.00. The van der Waals surface area contributed by atoms with E-state index in [4.69, 9.17) is 6.57 Å². The Labute approximate surface area is 102 Å². The molecule has 1 aliphatic carbocycles. The normalized spacial score (nSPS) is 20.3. The Hall–Kier alpha value is -1.37. The Kier molecular flexibility index (Phi) is 3.46. The predicted molar refractivity (Wildman–Crippen MR) is 67.1 cm³/mol. The van der Waals surface area contributed by atoms with Gasteiger partial charge in [-0.3, -0.25) is 4.85 Å². The van der Waals surface area contributed by atoms with Crippen molar-refractivity contribution in [3.05, 3.63) is 47.3 Å². The molecule has 1 saturated carbocycles. The molecule has 0 bridgehead atoms. The molecule has 0 saturated heterocycles. The molecule has 1 aromatic carbocycles. The molecule has 0 aliphatic heterocycles. The van der Waals surface area contributed by atoms with E-state index in [1.165, 1.54) is 0 Å². The highest BCUT2D eigenvalue weighted by atomic mass is 16.3. The molecular weight excluding hydrogens is 212 g/mol. The van der Waals surface area contributed by atoms with Crippen molar-refractivity contribution in [2.24, 2.45) is 5.41 Å². The zero-order chi connectivity index (χ0) is 12.3. The lowest BCUT2D eigenvalue weighted by atomic mass is 10.0. The van der Waals surface area contributed by atoms with Crippen LogP contribution in [0.1, 0.15) is 31.4 Å². The van der Waals surface area contributed by atoms with Crippen molar-refractivity contribution >= 4 is 0 Å². The minimum absolute atomic E-state index is 0.0200. The van der Waals surface area contributed by atoms with Crippen LogP contribution in [0, 0.1) is 12.0 Å². The number of aliphatic hydroxyl groups excluding tert-OH is 1. The average molecular weight is 230 g/mol. The van der Waals surface area contributed by atoms with Gasteiger partial charge in [0.15, 0.2) is 0 Å². The van der Waals surface area contributed by atoms with Crippen molar-refractivity contribution in [3.8, 4) is 0 Å². The number of hydrogen-bond acceptors (Lipinski definition) is 2. The van der Waals surface area contributed by atoms with Gasteiger partial charge in [0, 0.05) is 0 Å². The van der Waals surface area contributed by atoms with E-state index < -0.39 is 0 Å². The monoisotopic (exact) mass is 230 g/mol. The van der Waals surface area contributed by atoms with Crippen LogP contribution in [-0.4, -0.2) is 17.9 Å². The van der Waals surface area contributed by atoms with Crippen LogP contribution in [0.15, 0.2) is 30.3 Å². The number of benzene rings is 1. The molecule has 0 spiro atoms. The van der Waals surface area contributed by atoms with Crippen LogP contribution in [0.3, 0.4) is 0 Å². The Balaban J connectivity index is 2.08. The fourth-order valence-electron chi connectivity index (χ4n) is 2.00. The second-order valence-corrected chi connectivity index (χ2v) is 5.00. The fraction of sp³-hybridized carbons (Fsp3) is 0.500. The summed E-state index contributed by atoms with van der Waals surface area (Å²) < 4.78 is 0. The summed E-state index contributed by atoms with van der Waals surface area (Å²) >= 11 is 0. The van der Waals surface area contributed by atoms with Crippen molar-refractivity contribution in [2.75, 3.05) is 6.61 Å². The highest BCUT2D eigenvalue weighted by molar-refractivity contribution is 5.20. The van der Waals surface area contributed by atoms with E-state index in [9.17, 15) is 5.11 Å². The minimum Gasteiger partial charge on any atom is -0.394 e. The summed E-state index contributed by atoms with van der Waals surface area (Å²) in [5.74, 6) is 0. The molecule has 90 valence electrons. The lowest BCUT2D eigenvalue weighted by Crippen LogP contribution is -2.37. The van der Waals surface area contributed by atoms with Crippen LogP contribution in [0.5, 0.6) is 0 Å². The summed E-state index contributed by atoms with van der Waals surface area (Å²) in [5, 5.41) is 12.7. The van der Waals surface area contributed by atoms with Gasteiger partial charge in [-0.15, -0.1) is 0 Å². The molecule has 2 atom stereocenters. The Morgan fingerprint density at radius 1 is 1.41 bits per heavy atom. The van der Waals surface area contributed by atoms with Crippen molar-refractivity contribution in [2.45, 2.75) is 32.0 Å². The molecule has 0 amide bonds. The van der Waals surface area contributed by atoms with Gasteiger partial charge in [-0.1, -0.05) is 37.3 Å². The van der Waals surface area contributed by atoms with E-state index in [2.05, 4.69) is 17.1 Å². The summed E-state index contributed by atoms with van der Waals surface area (Å²) in [4.78, 5) is 3.66. The smallest absolute Gasteiger partial charge is 0.283 e. The number of rotatable bonds is 5. The molecule has 3 nitrogen and oxygen atoms in total. The standard InChI is InChI=1S/C14H18N2O/c1-14(8-9-14)13(15-2)16-12(10-17)11-6-4-3-5-7-11/h3-7,12-13,16-17H,8-10H2,1H3/t12-,13?/m0/s1. The molecule has 0 heterocycles. The van der Waals surface area contributed by atoms with Crippen molar-refractivity contribution in [3.63, 3.8) is 0 Å². The summed E-state index contributed by atoms with van der Waals surface area (Å²) in [6.45, 7) is 9.41. The quantitative estimate of drug-likeness (QED) is 0.762. The number of aliphatic hydroxyl groups is 1. The molecule has 3 heteroatoms. The largest absolute Gasteiger partial charge is 0.394 e. The Bertz CT molecular complexity index is 406. The van der Waals surface area contributed by atoms with Crippen LogP contribution in [0.2, 0.25) is 0 Å². The molecule has 1 aliphatic rings. The first kappa shape index (κ1) is 12.1. The van der Waals surface area contributed by atoms with Gasteiger partial charge in [0.2, 0.25) is 0 Å². The minimum atomic E-state index is -0.195. The van der Waals surface area contributed by atoms with Crippen LogP contribution >= 0.6 is 0 Å². The van der Waals surface area contributed by atoms with E-state index in [0.717, 1.165) is 18.4 Å². The average Bonchev–Trinajstić information content (AvgIpc) is 3.11. The maximum atomic E-state index is 9.44. The molecule has 2 rings (SSSR count). The molecule has 0 aromatic heterocycles. The van der Waals surface area contributed by atoms with Crippen molar-refractivity contribution in [1.29, 1.82) is 0 Å². The van der Waals surface area contributed by atoms with E-state index >= 15 is 0 Å². The van der Waals surface area contributed by atoms with Crippen molar-refractivity contribution < 1.29 is 5.11 Å². The second kappa shape index (κ2) is 4.87.